The second-order valence-corrected chi connectivity index (χ2v) is 30.5. The highest BCUT2D eigenvalue weighted by molar-refractivity contribution is 6.23. The molecule has 0 saturated carbocycles. The Labute approximate surface area is 766 Å². The van der Waals surface area contributed by atoms with Gasteiger partial charge in [0.05, 0.1) is 102 Å². The van der Waals surface area contributed by atoms with Crippen LogP contribution in [0.5, 0.6) is 0 Å². The molecule has 672 valence electrons. The third-order valence-electron chi connectivity index (χ3n) is 22.0. The molecule has 5 aromatic carbocycles. The molecule has 15 heterocycles. The van der Waals surface area contributed by atoms with Gasteiger partial charge in [-0.25, -0.2) is 110 Å². The van der Waals surface area contributed by atoms with Crippen LogP contribution < -0.4 is 0 Å². The first-order valence-electron chi connectivity index (χ1n) is 40.0. The van der Waals surface area contributed by atoms with Crippen LogP contribution in [0.1, 0.15) is 125 Å². The van der Waals surface area contributed by atoms with Gasteiger partial charge in [0.2, 0.25) is 11.0 Å². The van der Waals surface area contributed by atoms with Crippen LogP contribution >= 0.6 is 0 Å². The number of rotatable bonds is 6. The number of benzene rings is 5. The van der Waals surface area contributed by atoms with Crippen molar-refractivity contribution in [2.24, 2.45) is 0 Å². The molecule has 0 unspecified atom stereocenters. The van der Waals surface area contributed by atoms with Gasteiger partial charge in [0, 0.05) is 0 Å². The summed E-state index contributed by atoms with van der Waals surface area (Å²) in [6.07, 6.45) is 0. The van der Waals surface area contributed by atoms with Crippen molar-refractivity contribution in [1.29, 1.82) is 21.0 Å². The molecule has 54 heteroatoms. The summed E-state index contributed by atoms with van der Waals surface area (Å²) in [5.74, 6) is -9.60. The second-order valence-electron chi connectivity index (χ2n) is 30.5. The van der Waals surface area contributed by atoms with Crippen LogP contribution in [0.15, 0.2) is 0 Å². The van der Waals surface area contributed by atoms with Crippen molar-refractivity contribution in [3.8, 4) is 24.3 Å². The summed E-state index contributed by atoms with van der Waals surface area (Å²) in [5, 5.41) is 105. The standard InChI is InChI=1S/C18N12.3C18H18N6.C12N12O12/c1-23-17-9(5-21)27-13-11-12(26-8(4-20)7(3-19)25-11)14-16(15(13)29-17)30-18(24-2)10(6-22)28-14;3*1-7-8(2)20-14-13(19-7)15-17(23-10(4)9(3)21-15)18-16(14)22-11(5)12(6)24-18;25-19(26)7-8(20(27)28)14-2-1(13-7)3-5(16-10(22(31)32)9(15-3)21(29)30)6-4(2)17-11(23(33)34)12(18-6)24(35)36/h;3*1-6H3;. The topological polar surface area (TPSA) is 749 Å². The van der Waals surface area contributed by atoms with E-state index in [0.717, 1.165) is 202 Å². The minimum Gasteiger partial charge on any atom is -0.358 e. The van der Waals surface area contributed by atoms with Crippen LogP contribution in [0.25, 0.3) is 175 Å². The molecule has 0 atom stereocenters. The molecule has 15 aromatic heterocycles. The van der Waals surface area contributed by atoms with Gasteiger partial charge in [-0.2, -0.15) is 21.0 Å². The second kappa shape index (κ2) is 34.1. The van der Waals surface area contributed by atoms with Gasteiger partial charge in [0.15, 0.2) is 22.8 Å². The Kier molecular flexibility index (Phi) is 22.5. The maximum absolute atomic E-state index is 11.3. The fraction of sp³-hybridized carbons (Fsp3) is 0.214. The van der Waals surface area contributed by atoms with Crippen molar-refractivity contribution in [1.82, 2.24) is 150 Å². The van der Waals surface area contributed by atoms with E-state index in [-0.39, 0.29) is 67.5 Å². The smallest absolute Gasteiger partial charge is 0.358 e. The van der Waals surface area contributed by atoms with E-state index < -0.39 is 97.5 Å². The zero-order valence-corrected chi connectivity index (χ0v) is 74.7. The van der Waals surface area contributed by atoms with Crippen molar-refractivity contribution in [3.63, 3.8) is 0 Å². The number of nitro groups is 6. The number of hydrogen-bond acceptors (Lipinski definition) is 46. The van der Waals surface area contributed by atoms with Crippen LogP contribution in [-0.4, -0.2) is 179 Å². The molecule has 0 aliphatic carbocycles. The van der Waals surface area contributed by atoms with Crippen LogP contribution in [-0.2, 0) is 0 Å². The van der Waals surface area contributed by atoms with E-state index in [4.69, 9.17) is 103 Å². The first-order chi connectivity index (χ1) is 65.5. The number of hydrogen-bond donors (Lipinski definition) is 0. The van der Waals surface area contributed by atoms with E-state index in [1.165, 1.54) is 0 Å². The minimum absolute atomic E-state index is 0.00714. The molecule has 0 aliphatic rings. The molecule has 0 fully saturated rings. The first kappa shape index (κ1) is 90.9. The monoisotopic (exact) mass is 1840 g/mol. The lowest BCUT2D eigenvalue weighted by molar-refractivity contribution is -0.428. The van der Waals surface area contributed by atoms with E-state index in [0.29, 0.717) is 0 Å². The largest absolute Gasteiger partial charge is 0.463 e. The SMILES string of the molecule is Cc1nc2c3nc(C)c(C)nc3c3nc(C)c(C)nc3c2nc1C.Cc1nc2c3nc(C)c(C)nc3c3nc(C)c(C)nc3c2nc1C.Cc1nc2c3nc(C)c(C)nc3c3nc(C)c(C)nc3c2nc1C.O=[N+]([O-])c1nc2c3nc([N+](=O)[O-])c([N+](=O)[O-])nc3c3nc([N+](=O)[O-])c([N+](=O)[O-])nc3c2nc1[N+](=O)[O-].[C-]#[N+]c1nc2c(nc1C#N)c1nc(C#N)c(C#N)nc1c1nc(C#N)c([N+]#[C-])nc12. The van der Waals surface area contributed by atoms with Crippen molar-refractivity contribution >= 4 is 212 Å². The van der Waals surface area contributed by atoms with Gasteiger partial charge < -0.3 is 70.4 Å². The molecule has 20 rings (SSSR count). The highest BCUT2D eigenvalue weighted by Crippen LogP contribution is 2.42. The highest BCUT2D eigenvalue weighted by Gasteiger charge is 2.45. The zero-order valence-electron chi connectivity index (χ0n) is 74.7. The zero-order chi connectivity index (χ0) is 99.6. The van der Waals surface area contributed by atoms with Crippen molar-refractivity contribution in [3.05, 3.63) is 209 Å². The van der Waals surface area contributed by atoms with E-state index in [2.05, 4.69) is 69.5 Å². The number of fused-ring (bicyclic) bond motifs is 30. The van der Waals surface area contributed by atoms with Gasteiger partial charge in [-0.3, -0.25) is 0 Å². The fourth-order valence-electron chi connectivity index (χ4n) is 14.1. The van der Waals surface area contributed by atoms with Crippen molar-refractivity contribution in [2.75, 3.05) is 0 Å². The maximum Gasteiger partial charge on any atom is 0.463 e. The van der Waals surface area contributed by atoms with E-state index >= 15 is 0 Å². The molecule has 20 aromatic rings. The Balaban J connectivity index is 0.000000126. The first-order valence-corrected chi connectivity index (χ1v) is 40.0. The van der Waals surface area contributed by atoms with Crippen molar-refractivity contribution in [2.45, 2.75) is 125 Å². The lowest BCUT2D eigenvalue weighted by atomic mass is 10.1. The summed E-state index contributed by atoms with van der Waals surface area (Å²) in [5.41, 5.74) is 22.9. The van der Waals surface area contributed by atoms with Gasteiger partial charge in [-0.1, -0.05) is 13.1 Å². The lowest BCUT2D eigenvalue weighted by Crippen LogP contribution is -2.08. The molecule has 0 amide bonds. The van der Waals surface area contributed by atoms with E-state index in [9.17, 15) is 81.7 Å². The van der Waals surface area contributed by atoms with Gasteiger partial charge >= 0.3 is 46.5 Å². The van der Waals surface area contributed by atoms with Gasteiger partial charge in [-0.05, 0) is 184 Å². The van der Waals surface area contributed by atoms with Crippen LogP contribution in [0, 0.1) is 244 Å². The van der Waals surface area contributed by atoms with Crippen LogP contribution in [0.4, 0.5) is 46.5 Å². The summed E-state index contributed by atoms with van der Waals surface area (Å²) in [4.78, 5) is 197. The van der Waals surface area contributed by atoms with Gasteiger partial charge in [0.25, 0.3) is 33.1 Å². The number of nitrogens with zero attached hydrogens (tertiary/aromatic N) is 42. The maximum atomic E-state index is 11.3. The summed E-state index contributed by atoms with van der Waals surface area (Å²) < 4.78 is 0. The lowest BCUT2D eigenvalue weighted by Gasteiger charge is -2.11. The quantitative estimate of drug-likeness (QED) is 0.0645. The number of aromatic nitrogens is 30. The van der Waals surface area contributed by atoms with Gasteiger partial charge in [-0.15, -0.1) is 9.97 Å². The molecule has 0 bridgehead atoms. The predicted molar refractivity (Wildman–Crippen MR) is 485 cm³/mol. The van der Waals surface area contributed by atoms with E-state index in [1.807, 2.05) is 125 Å². The summed E-state index contributed by atoms with van der Waals surface area (Å²) in [7, 11) is 0. The third-order valence-corrected chi connectivity index (χ3v) is 22.0. The predicted octanol–water partition coefficient (Wildman–Crippen LogP) is 13.2. The summed E-state index contributed by atoms with van der Waals surface area (Å²) >= 11 is 0. The Morgan fingerprint density at radius 2 is 0.268 bits per heavy atom. The van der Waals surface area contributed by atoms with Crippen LogP contribution in [0.2, 0.25) is 0 Å². The normalized spacial score (nSPS) is 11.1. The molecule has 0 N–H and O–H groups in total. The molecular weight excluding hydrogens is 1790 g/mol. The Bertz CT molecular complexity index is 7510. The highest BCUT2D eigenvalue weighted by atomic mass is 16.7. The third kappa shape index (κ3) is 15.2. The number of aryl methyl sites for hydroxylation is 18. The molecule has 0 radical (unpaired) electrons. The van der Waals surface area contributed by atoms with Gasteiger partial charge in [0.1, 0.15) is 146 Å². The Morgan fingerprint density at radius 1 is 0.174 bits per heavy atom. The van der Waals surface area contributed by atoms with E-state index in [1.54, 1.807) is 24.3 Å². The summed E-state index contributed by atoms with van der Waals surface area (Å²) in [6.45, 7) is 49.7. The average Bonchev–Trinajstić information content (AvgIpc) is 0.702. The fourth-order valence-corrected chi connectivity index (χ4v) is 14.1. The molecule has 0 saturated heterocycles. The summed E-state index contributed by atoms with van der Waals surface area (Å²) in [6, 6.07) is 7.04. The Hall–Kier alpha value is -20.5. The van der Waals surface area contributed by atoms with Crippen molar-refractivity contribution < 1.29 is 29.5 Å². The number of nitriles is 4. The Morgan fingerprint density at radius 3 is 0.370 bits per heavy atom. The van der Waals surface area contributed by atoms with Crippen LogP contribution in [0.3, 0.4) is 0 Å². The minimum atomic E-state index is -1.50. The average molecular weight is 1840 g/mol. The molecular formula is C84H54N42O12. The molecule has 138 heavy (non-hydrogen) atoms. The molecule has 54 nitrogen and oxygen atoms in total. The molecule has 0 spiro atoms. The molecule has 0 aliphatic heterocycles.